The van der Waals surface area contributed by atoms with Crippen LogP contribution in [0.1, 0.15) is 19.4 Å². The third kappa shape index (κ3) is 3.74. The van der Waals surface area contributed by atoms with Crippen molar-refractivity contribution in [3.8, 4) is 0 Å². The first-order valence-corrected chi connectivity index (χ1v) is 5.61. The van der Waals surface area contributed by atoms with Gasteiger partial charge in [0, 0.05) is 44.1 Å². The van der Waals surface area contributed by atoms with Crippen LogP contribution in [-0.4, -0.2) is 35.1 Å². The van der Waals surface area contributed by atoms with Crippen molar-refractivity contribution < 1.29 is 0 Å². The maximum absolute atomic E-state index is 4.15. The number of hydrogen-bond acceptors (Lipinski definition) is 3. The van der Waals surface area contributed by atoms with Gasteiger partial charge in [-0.1, -0.05) is 6.07 Å². The molecule has 1 fully saturated rings. The summed E-state index contributed by atoms with van der Waals surface area (Å²) in [5, 5.41) is 3.54. The number of rotatable bonds is 2. The van der Waals surface area contributed by atoms with E-state index >= 15 is 0 Å². The van der Waals surface area contributed by atoms with Crippen molar-refractivity contribution in [3.63, 3.8) is 0 Å². The van der Waals surface area contributed by atoms with Gasteiger partial charge in [-0.25, -0.2) is 0 Å². The minimum absolute atomic E-state index is 0. The highest BCUT2D eigenvalue weighted by Crippen LogP contribution is 2.08. The summed E-state index contributed by atoms with van der Waals surface area (Å²) in [6.07, 6.45) is 3.78. The summed E-state index contributed by atoms with van der Waals surface area (Å²) >= 11 is 0. The molecule has 1 N–H and O–H groups in total. The topological polar surface area (TPSA) is 28.2 Å². The normalized spacial score (nSPS) is 26.1. The Morgan fingerprint density at radius 1 is 1.38 bits per heavy atom. The molecule has 2 unspecified atom stereocenters. The zero-order valence-corrected chi connectivity index (χ0v) is 10.7. The van der Waals surface area contributed by atoms with Crippen LogP contribution in [0, 0.1) is 0 Å². The molecule has 0 aromatic carbocycles. The molecule has 0 spiro atoms. The highest BCUT2D eigenvalue weighted by Gasteiger charge is 2.20. The average molecular weight is 242 g/mol. The molecule has 0 aliphatic carbocycles. The maximum atomic E-state index is 4.15. The first-order chi connectivity index (χ1) is 7.24. The van der Waals surface area contributed by atoms with Crippen molar-refractivity contribution in [1.82, 2.24) is 15.2 Å². The summed E-state index contributed by atoms with van der Waals surface area (Å²) in [5.74, 6) is 0. The zero-order chi connectivity index (χ0) is 10.7. The number of halogens is 1. The third-order valence-electron chi connectivity index (χ3n) is 2.76. The van der Waals surface area contributed by atoms with Gasteiger partial charge in [0.25, 0.3) is 0 Å². The molecule has 90 valence electrons. The molecule has 2 rings (SSSR count). The Kier molecular flexibility index (Phi) is 5.19. The predicted molar refractivity (Wildman–Crippen MR) is 68.8 cm³/mol. The lowest BCUT2D eigenvalue weighted by molar-refractivity contribution is 0.166. The van der Waals surface area contributed by atoms with Crippen LogP contribution in [-0.2, 0) is 6.54 Å². The van der Waals surface area contributed by atoms with Gasteiger partial charge >= 0.3 is 0 Å². The van der Waals surface area contributed by atoms with Crippen LogP contribution in [0.3, 0.4) is 0 Å². The molecule has 2 heterocycles. The number of aromatic nitrogens is 1. The van der Waals surface area contributed by atoms with Crippen molar-refractivity contribution >= 4 is 12.4 Å². The molecule has 1 aromatic heterocycles. The van der Waals surface area contributed by atoms with Crippen molar-refractivity contribution in [2.24, 2.45) is 0 Å². The molecular weight excluding hydrogens is 222 g/mol. The second kappa shape index (κ2) is 6.18. The van der Waals surface area contributed by atoms with Crippen molar-refractivity contribution in [2.75, 3.05) is 13.1 Å². The van der Waals surface area contributed by atoms with Crippen LogP contribution in [0.4, 0.5) is 0 Å². The van der Waals surface area contributed by atoms with Crippen molar-refractivity contribution in [3.05, 3.63) is 30.1 Å². The fourth-order valence-electron chi connectivity index (χ4n) is 2.32. The Hall–Kier alpha value is -0.640. The van der Waals surface area contributed by atoms with Crippen LogP contribution in [0.5, 0.6) is 0 Å². The lowest BCUT2D eigenvalue weighted by Gasteiger charge is -2.36. The van der Waals surface area contributed by atoms with E-state index in [1.54, 1.807) is 0 Å². The Labute approximate surface area is 104 Å². The zero-order valence-electron chi connectivity index (χ0n) is 9.89. The van der Waals surface area contributed by atoms with E-state index in [1.807, 2.05) is 18.5 Å². The Morgan fingerprint density at radius 3 is 2.62 bits per heavy atom. The van der Waals surface area contributed by atoms with Crippen LogP contribution in [0.2, 0.25) is 0 Å². The predicted octanol–water partition coefficient (Wildman–Crippen LogP) is 1.69. The van der Waals surface area contributed by atoms with Gasteiger partial charge in [0.05, 0.1) is 0 Å². The van der Waals surface area contributed by atoms with Gasteiger partial charge in [0.1, 0.15) is 0 Å². The molecule has 1 aliphatic heterocycles. The monoisotopic (exact) mass is 241 g/mol. The Bertz CT molecular complexity index is 294. The molecule has 1 saturated heterocycles. The number of piperazine rings is 1. The van der Waals surface area contributed by atoms with E-state index in [0.29, 0.717) is 12.1 Å². The smallest absolute Gasteiger partial charge is 0.0312 e. The Balaban J connectivity index is 0.00000128. The molecule has 1 aliphatic rings. The van der Waals surface area contributed by atoms with Gasteiger partial charge in [-0.2, -0.15) is 0 Å². The number of hydrogen-bond donors (Lipinski definition) is 1. The summed E-state index contributed by atoms with van der Waals surface area (Å²) in [6, 6.07) is 5.32. The van der Waals surface area contributed by atoms with Crippen LogP contribution >= 0.6 is 12.4 Å². The molecule has 1 aromatic rings. The molecule has 4 heteroatoms. The van der Waals surface area contributed by atoms with E-state index in [9.17, 15) is 0 Å². The van der Waals surface area contributed by atoms with Gasteiger partial charge < -0.3 is 5.32 Å². The summed E-state index contributed by atoms with van der Waals surface area (Å²) in [7, 11) is 0. The molecule has 0 bridgehead atoms. The van der Waals surface area contributed by atoms with E-state index in [0.717, 1.165) is 19.6 Å². The Morgan fingerprint density at radius 2 is 2.06 bits per heavy atom. The summed E-state index contributed by atoms with van der Waals surface area (Å²) < 4.78 is 0. The third-order valence-corrected chi connectivity index (χ3v) is 2.76. The quantitative estimate of drug-likeness (QED) is 0.854. The van der Waals surface area contributed by atoms with E-state index in [2.05, 4.69) is 35.1 Å². The highest BCUT2D eigenvalue weighted by atomic mass is 35.5. The second-order valence-electron chi connectivity index (χ2n) is 4.52. The lowest BCUT2D eigenvalue weighted by atomic mass is 10.1. The van der Waals surface area contributed by atoms with E-state index in [4.69, 9.17) is 0 Å². The molecule has 2 atom stereocenters. The number of pyridine rings is 1. The molecule has 0 amide bonds. The molecule has 3 nitrogen and oxygen atoms in total. The standard InChI is InChI=1S/C12H19N3.ClH/c1-10-7-15(8-11(2)14-10)9-12-4-3-5-13-6-12;/h3-6,10-11,14H,7-9H2,1-2H3;1H. The maximum Gasteiger partial charge on any atom is 0.0312 e. The van der Waals surface area contributed by atoms with E-state index in [-0.39, 0.29) is 12.4 Å². The second-order valence-corrected chi connectivity index (χ2v) is 4.52. The largest absolute Gasteiger partial charge is 0.309 e. The van der Waals surface area contributed by atoms with Crippen LogP contribution in [0.25, 0.3) is 0 Å². The summed E-state index contributed by atoms with van der Waals surface area (Å²) in [4.78, 5) is 6.63. The molecule has 0 radical (unpaired) electrons. The first-order valence-electron chi connectivity index (χ1n) is 5.61. The lowest BCUT2D eigenvalue weighted by Crippen LogP contribution is -2.53. The van der Waals surface area contributed by atoms with Crippen LogP contribution in [0.15, 0.2) is 24.5 Å². The van der Waals surface area contributed by atoms with Gasteiger partial charge in [-0.05, 0) is 25.5 Å². The minimum Gasteiger partial charge on any atom is -0.309 e. The number of nitrogens with zero attached hydrogens (tertiary/aromatic N) is 2. The van der Waals surface area contributed by atoms with Gasteiger partial charge in [-0.15, -0.1) is 12.4 Å². The average Bonchev–Trinajstić information content (AvgIpc) is 2.17. The fourth-order valence-corrected chi connectivity index (χ4v) is 2.32. The first kappa shape index (κ1) is 13.4. The minimum atomic E-state index is 0. The van der Waals surface area contributed by atoms with Gasteiger partial charge in [-0.3, -0.25) is 9.88 Å². The summed E-state index contributed by atoms with van der Waals surface area (Å²) in [5.41, 5.74) is 1.30. The summed E-state index contributed by atoms with van der Waals surface area (Å²) in [6.45, 7) is 7.75. The SMILES string of the molecule is CC1CN(Cc2cccnc2)CC(C)N1.Cl. The van der Waals surface area contributed by atoms with E-state index < -0.39 is 0 Å². The molecule has 0 saturated carbocycles. The van der Waals surface area contributed by atoms with Crippen molar-refractivity contribution in [2.45, 2.75) is 32.5 Å². The fraction of sp³-hybridized carbons (Fsp3) is 0.583. The molecular formula is C12H20ClN3. The van der Waals surface area contributed by atoms with Gasteiger partial charge in [0.15, 0.2) is 0 Å². The van der Waals surface area contributed by atoms with Crippen molar-refractivity contribution in [1.29, 1.82) is 0 Å². The van der Waals surface area contributed by atoms with Gasteiger partial charge in [0.2, 0.25) is 0 Å². The highest BCUT2D eigenvalue weighted by molar-refractivity contribution is 5.85. The van der Waals surface area contributed by atoms with E-state index in [1.165, 1.54) is 5.56 Å². The van der Waals surface area contributed by atoms with Crippen LogP contribution < -0.4 is 5.32 Å². The molecule has 16 heavy (non-hydrogen) atoms. The number of nitrogens with one attached hydrogen (secondary N) is 1.